The molecule has 108 valence electrons. The van der Waals surface area contributed by atoms with Gasteiger partial charge in [0.1, 0.15) is 0 Å². The van der Waals surface area contributed by atoms with Crippen LogP contribution in [0, 0.1) is 6.92 Å². The summed E-state index contributed by atoms with van der Waals surface area (Å²) in [7, 11) is 0. The third-order valence-electron chi connectivity index (χ3n) is 3.61. The molecule has 0 saturated carbocycles. The highest BCUT2D eigenvalue weighted by atomic mass is 14.8. The van der Waals surface area contributed by atoms with Crippen LogP contribution in [-0.4, -0.2) is 9.97 Å². The maximum absolute atomic E-state index is 4.61. The van der Waals surface area contributed by atoms with E-state index < -0.39 is 0 Å². The lowest BCUT2D eigenvalue weighted by molar-refractivity contribution is 1.15. The molecule has 0 aliphatic carbocycles. The second kappa shape index (κ2) is 6.98. The van der Waals surface area contributed by atoms with Crippen LogP contribution in [0.5, 0.6) is 0 Å². The predicted octanol–water partition coefficient (Wildman–Crippen LogP) is 5.21. The third-order valence-corrected chi connectivity index (χ3v) is 3.61. The summed E-state index contributed by atoms with van der Waals surface area (Å²) < 4.78 is 0. The number of rotatable bonds is 4. The van der Waals surface area contributed by atoms with E-state index in [1.165, 1.54) is 16.7 Å². The van der Waals surface area contributed by atoms with Crippen LogP contribution in [-0.2, 0) is 0 Å². The summed E-state index contributed by atoms with van der Waals surface area (Å²) in [6, 6.07) is 8.25. The smallest absolute Gasteiger partial charge is 0.0888 e. The molecule has 1 heterocycles. The first-order chi connectivity index (χ1) is 10.2. The van der Waals surface area contributed by atoms with E-state index in [0.717, 1.165) is 23.4 Å². The molecule has 2 aromatic rings. The Balaban J connectivity index is 2.39. The minimum Gasteiger partial charge on any atom is -0.252 e. The maximum Gasteiger partial charge on any atom is 0.0888 e. The summed E-state index contributed by atoms with van der Waals surface area (Å²) in [5.74, 6) is 0. The first kappa shape index (κ1) is 15.2. The van der Waals surface area contributed by atoms with Gasteiger partial charge in [-0.25, -0.2) is 0 Å². The minimum absolute atomic E-state index is 0.922. The number of nitrogens with zero attached hydrogens (tertiary/aromatic N) is 2. The molecule has 1 aromatic carbocycles. The van der Waals surface area contributed by atoms with Gasteiger partial charge in [-0.05, 0) is 38.3 Å². The second-order valence-electron chi connectivity index (χ2n) is 5.10. The lowest BCUT2D eigenvalue weighted by Gasteiger charge is -2.09. The predicted molar refractivity (Wildman–Crippen MR) is 89.9 cm³/mol. The Bertz CT molecular complexity index is 664. The second-order valence-corrected chi connectivity index (χ2v) is 5.10. The molecule has 2 heteroatoms. The fourth-order valence-electron chi connectivity index (χ4n) is 2.29. The molecule has 0 aliphatic rings. The van der Waals surface area contributed by atoms with Gasteiger partial charge in [0.2, 0.25) is 0 Å². The maximum atomic E-state index is 4.61. The first-order valence-corrected chi connectivity index (χ1v) is 7.39. The van der Waals surface area contributed by atoms with Gasteiger partial charge in [-0.3, -0.25) is 9.97 Å². The van der Waals surface area contributed by atoms with Crippen LogP contribution in [0.25, 0.3) is 16.8 Å². The summed E-state index contributed by atoms with van der Waals surface area (Å²) in [4.78, 5) is 9.21. The van der Waals surface area contributed by atoms with Crippen LogP contribution in [0.1, 0.15) is 38.4 Å². The van der Waals surface area contributed by atoms with Crippen molar-refractivity contribution in [3.63, 3.8) is 0 Å². The molecular formula is C19H22N2. The van der Waals surface area contributed by atoms with Crippen molar-refractivity contribution in [1.82, 2.24) is 9.97 Å². The average molecular weight is 278 g/mol. The number of benzene rings is 1. The molecule has 1 aromatic heterocycles. The summed E-state index contributed by atoms with van der Waals surface area (Å²) >= 11 is 0. The fourth-order valence-corrected chi connectivity index (χ4v) is 2.29. The van der Waals surface area contributed by atoms with Gasteiger partial charge in [-0.1, -0.05) is 43.3 Å². The molecule has 2 rings (SSSR count). The Morgan fingerprint density at radius 2 is 1.90 bits per heavy atom. The molecule has 0 spiro atoms. The van der Waals surface area contributed by atoms with Gasteiger partial charge in [0.15, 0.2) is 0 Å². The lowest BCUT2D eigenvalue weighted by Crippen LogP contribution is -1.95. The molecule has 0 unspecified atom stereocenters. The van der Waals surface area contributed by atoms with Crippen LogP contribution < -0.4 is 0 Å². The van der Waals surface area contributed by atoms with Gasteiger partial charge in [-0.15, -0.1) is 0 Å². The summed E-state index contributed by atoms with van der Waals surface area (Å²) in [5.41, 5.74) is 6.61. The number of aryl methyl sites for hydroxylation is 1. The number of hydrogen-bond donors (Lipinski definition) is 0. The average Bonchev–Trinajstić information content (AvgIpc) is 2.53. The van der Waals surface area contributed by atoms with E-state index in [9.17, 15) is 0 Å². The van der Waals surface area contributed by atoms with E-state index in [4.69, 9.17) is 0 Å². The first-order valence-electron chi connectivity index (χ1n) is 7.39. The zero-order valence-electron chi connectivity index (χ0n) is 13.2. The quantitative estimate of drug-likeness (QED) is 0.717. The molecule has 21 heavy (non-hydrogen) atoms. The largest absolute Gasteiger partial charge is 0.252 e. The van der Waals surface area contributed by atoms with Crippen LogP contribution in [0.4, 0.5) is 0 Å². The zero-order valence-corrected chi connectivity index (χ0v) is 13.2. The zero-order chi connectivity index (χ0) is 15.2. The number of hydrogen-bond acceptors (Lipinski definition) is 2. The molecule has 2 nitrogen and oxygen atoms in total. The standard InChI is InChI=1S/C19H22N2/c1-5-9-16(14(3)6-2)18-12-21-19(13-20-18)17-11-8-7-10-15(17)4/h6-13H,5H2,1-4H3/b14-6-,16-9+. The van der Waals surface area contributed by atoms with E-state index in [1.54, 1.807) is 0 Å². The molecule has 0 N–H and O–H groups in total. The Hall–Kier alpha value is -2.22. The number of allylic oxidation sites excluding steroid dienone is 4. The van der Waals surface area contributed by atoms with Crippen molar-refractivity contribution in [1.29, 1.82) is 0 Å². The van der Waals surface area contributed by atoms with Gasteiger partial charge in [0.25, 0.3) is 0 Å². The molecular weight excluding hydrogens is 256 g/mol. The van der Waals surface area contributed by atoms with Crippen molar-refractivity contribution < 1.29 is 0 Å². The molecule has 0 aliphatic heterocycles. The van der Waals surface area contributed by atoms with Crippen molar-refractivity contribution in [2.45, 2.75) is 34.1 Å². The summed E-state index contributed by atoms with van der Waals surface area (Å²) in [5, 5.41) is 0. The summed E-state index contributed by atoms with van der Waals surface area (Å²) in [6.07, 6.45) is 9.04. The van der Waals surface area contributed by atoms with Crippen molar-refractivity contribution in [3.05, 3.63) is 65.6 Å². The molecule has 0 atom stereocenters. The van der Waals surface area contributed by atoms with Crippen molar-refractivity contribution in [3.8, 4) is 11.3 Å². The summed E-state index contributed by atoms with van der Waals surface area (Å²) in [6.45, 7) is 8.39. The molecule has 0 fully saturated rings. The monoisotopic (exact) mass is 278 g/mol. The highest BCUT2D eigenvalue weighted by molar-refractivity contribution is 5.76. The highest BCUT2D eigenvalue weighted by Crippen LogP contribution is 2.24. The van der Waals surface area contributed by atoms with Crippen LogP contribution in [0.2, 0.25) is 0 Å². The van der Waals surface area contributed by atoms with Gasteiger partial charge >= 0.3 is 0 Å². The van der Waals surface area contributed by atoms with E-state index in [0.29, 0.717) is 0 Å². The Morgan fingerprint density at radius 3 is 2.48 bits per heavy atom. The van der Waals surface area contributed by atoms with Crippen LogP contribution >= 0.6 is 0 Å². The molecule has 0 radical (unpaired) electrons. The fraction of sp³-hybridized carbons (Fsp3) is 0.263. The van der Waals surface area contributed by atoms with Crippen molar-refractivity contribution in [2.75, 3.05) is 0 Å². The van der Waals surface area contributed by atoms with E-state index in [2.05, 4.69) is 55.0 Å². The highest BCUT2D eigenvalue weighted by Gasteiger charge is 2.07. The van der Waals surface area contributed by atoms with Crippen molar-refractivity contribution >= 4 is 5.57 Å². The minimum atomic E-state index is 0.922. The van der Waals surface area contributed by atoms with Gasteiger partial charge in [0, 0.05) is 11.1 Å². The normalized spacial score (nSPS) is 12.6. The Labute approximate surface area is 127 Å². The van der Waals surface area contributed by atoms with Crippen LogP contribution in [0.3, 0.4) is 0 Å². The van der Waals surface area contributed by atoms with Gasteiger partial charge in [0.05, 0.1) is 23.8 Å². The molecule has 0 bridgehead atoms. The van der Waals surface area contributed by atoms with Crippen LogP contribution in [0.15, 0.2) is 54.4 Å². The van der Waals surface area contributed by atoms with Crippen molar-refractivity contribution in [2.24, 2.45) is 0 Å². The Morgan fingerprint density at radius 1 is 1.14 bits per heavy atom. The van der Waals surface area contributed by atoms with Gasteiger partial charge in [-0.2, -0.15) is 0 Å². The Kier molecular flexibility index (Phi) is 5.04. The molecule has 0 amide bonds. The topological polar surface area (TPSA) is 25.8 Å². The van der Waals surface area contributed by atoms with E-state index in [1.807, 2.05) is 31.5 Å². The third kappa shape index (κ3) is 3.46. The van der Waals surface area contributed by atoms with E-state index in [-0.39, 0.29) is 0 Å². The molecule has 0 saturated heterocycles. The lowest BCUT2D eigenvalue weighted by atomic mass is 10.0. The SMILES string of the molecule is C/C=C(C)\C(=C/CC)c1cnc(-c2ccccc2C)cn1. The van der Waals surface area contributed by atoms with E-state index >= 15 is 0 Å². The van der Waals surface area contributed by atoms with Gasteiger partial charge < -0.3 is 0 Å². The number of aromatic nitrogens is 2.